The van der Waals surface area contributed by atoms with Crippen molar-refractivity contribution in [2.24, 2.45) is 5.92 Å². The van der Waals surface area contributed by atoms with Gasteiger partial charge in [0.05, 0.1) is 11.1 Å². The SMILES string of the molecule is O=C1CCC(N2Cc3c(C#CCCCNC(=O)C4CCC(NC(=O)[C@@H]5NC6(CCCCC6)[C@@]6(C(=O)Nc7cc(Cl)ccc76)[C@H]5c5cccc(Cl)c5F)CC4)cccc3C2=O)C(=O)N1. The average molecular weight is 896 g/mol. The Morgan fingerprint density at radius 3 is 2.46 bits per heavy atom. The highest BCUT2D eigenvalue weighted by Crippen LogP contribution is 2.63. The quantitative estimate of drug-likeness (QED) is 0.103. The third kappa shape index (κ3) is 7.57. The van der Waals surface area contributed by atoms with E-state index in [1.54, 1.807) is 36.4 Å². The van der Waals surface area contributed by atoms with Crippen LogP contribution < -0.4 is 26.6 Å². The number of imide groups is 1. The number of anilines is 1. The smallest absolute Gasteiger partial charge is 0.255 e. The summed E-state index contributed by atoms with van der Waals surface area (Å²) in [6.45, 7) is 0.694. The zero-order chi connectivity index (χ0) is 44.0. The Morgan fingerprint density at radius 1 is 0.905 bits per heavy atom. The third-order valence-electron chi connectivity index (χ3n) is 14.3. The number of unbranched alkanes of at least 4 members (excludes halogenated alkanes) is 1. The molecule has 3 aromatic carbocycles. The Balaban J connectivity index is 0.815. The normalized spacial score (nSPS) is 27.0. The highest BCUT2D eigenvalue weighted by molar-refractivity contribution is 6.31. The second-order valence-electron chi connectivity index (χ2n) is 17.8. The van der Waals surface area contributed by atoms with Crippen molar-refractivity contribution in [1.29, 1.82) is 0 Å². The highest BCUT2D eigenvalue weighted by atomic mass is 35.5. The number of hydrogen-bond acceptors (Lipinski definition) is 7. The topological polar surface area (TPSA) is 166 Å². The number of nitrogens with zero attached hydrogens (tertiary/aromatic N) is 1. The van der Waals surface area contributed by atoms with E-state index in [0.717, 1.165) is 24.8 Å². The van der Waals surface area contributed by atoms with Crippen LogP contribution in [0, 0.1) is 23.6 Å². The van der Waals surface area contributed by atoms with Gasteiger partial charge in [-0.3, -0.25) is 39.4 Å². The number of halogens is 3. The number of rotatable bonds is 8. The first kappa shape index (κ1) is 43.0. The van der Waals surface area contributed by atoms with E-state index in [2.05, 4.69) is 38.4 Å². The minimum atomic E-state index is -1.31. The van der Waals surface area contributed by atoms with Gasteiger partial charge in [-0.2, -0.15) is 0 Å². The van der Waals surface area contributed by atoms with Crippen molar-refractivity contribution in [3.63, 3.8) is 0 Å². The number of amides is 6. The monoisotopic (exact) mass is 894 g/mol. The fourth-order valence-electron chi connectivity index (χ4n) is 11.4. The predicted molar refractivity (Wildman–Crippen MR) is 234 cm³/mol. The van der Waals surface area contributed by atoms with Crippen LogP contribution in [0.25, 0.3) is 0 Å². The summed E-state index contributed by atoms with van der Waals surface area (Å²) in [5.41, 5.74) is 1.31. The molecule has 4 fully saturated rings. The lowest BCUT2D eigenvalue weighted by Crippen LogP contribution is -2.60. The van der Waals surface area contributed by atoms with Gasteiger partial charge in [-0.1, -0.05) is 78.6 Å². The van der Waals surface area contributed by atoms with Gasteiger partial charge in [0, 0.05) is 71.2 Å². The van der Waals surface area contributed by atoms with Crippen LogP contribution in [-0.4, -0.2) is 70.6 Å². The molecule has 4 atom stereocenters. The maximum absolute atomic E-state index is 16.3. The van der Waals surface area contributed by atoms with Gasteiger partial charge in [-0.25, -0.2) is 4.39 Å². The van der Waals surface area contributed by atoms with Gasteiger partial charge in [0.15, 0.2) is 0 Å². The molecule has 2 saturated heterocycles. The molecular weight excluding hydrogens is 846 g/mol. The van der Waals surface area contributed by atoms with Crippen LogP contribution in [0.4, 0.5) is 10.1 Å². The van der Waals surface area contributed by atoms with Crippen LogP contribution in [0.5, 0.6) is 0 Å². The molecule has 3 aromatic rings. The first-order valence-corrected chi connectivity index (χ1v) is 22.8. The molecule has 9 rings (SSSR count). The van der Waals surface area contributed by atoms with Crippen molar-refractivity contribution in [2.45, 2.75) is 125 Å². The van der Waals surface area contributed by atoms with E-state index in [0.29, 0.717) is 91.7 Å². The molecule has 2 spiro atoms. The molecule has 4 heterocycles. The first-order valence-electron chi connectivity index (χ1n) is 22.1. The van der Waals surface area contributed by atoms with E-state index in [1.165, 1.54) is 11.0 Å². The second-order valence-corrected chi connectivity index (χ2v) is 18.7. The van der Waals surface area contributed by atoms with Gasteiger partial charge in [0.1, 0.15) is 17.3 Å². The summed E-state index contributed by atoms with van der Waals surface area (Å²) >= 11 is 12.8. The van der Waals surface area contributed by atoms with Gasteiger partial charge in [-0.05, 0) is 98.4 Å². The van der Waals surface area contributed by atoms with E-state index in [9.17, 15) is 28.8 Å². The number of piperidine rings is 1. The largest absolute Gasteiger partial charge is 0.356 e. The van der Waals surface area contributed by atoms with Crippen molar-refractivity contribution in [2.75, 3.05) is 11.9 Å². The molecule has 2 saturated carbocycles. The van der Waals surface area contributed by atoms with E-state index >= 15 is 4.39 Å². The van der Waals surface area contributed by atoms with Gasteiger partial charge in [-0.15, -0.1) is 0 Å². The third-order valence-corrected chi connectivity index (χ3v) is 14.9. The van der Waals surface area contributed by atoms with Gasteiger partial charge >= 0.3 is 0 Å². The van der Waals surface area contributed by atoms with E-state index in [-0.39, 0.29) is 65.0 Å². The highest BCUT2D eigenvalue weighted by Gasteiger charge is 2.72. The summed E-state index contributed by atoms with van der Waals surface area (Å²) in [5.74, 6) is 2.88. The molecule has 1 unspecified atom stereocenters. The molecule has 12 nitrogen and oxygen atoms in total. The lowest BCUT2D eigenvalue weighted by molar-refractivity contribution is -0.137. The van der Waals surface area contributed by atoms with Gasteiger partial charge in [0.2, 0.25) is 29.5 Å². The zero-order valence-corrected chi connectivity index (χ0v) is 36.2. The molecule has 0 bridgehead atoms. The minimum Gasteiger partial charge on any atom is -0.356 e. The van der Waals surface area contributed by atoms with Crippen LogP contribution >= 0.6 is 23.2 Å². The van der Waals surface area contributed by atoms with Crippen LogP contribution in [0.1, 0.15) is 122 Å². The Labute approximate surface area is 375 Å². The zero-order valence-electron chi connectivity index (χ0n) is 34.7. The summed E-state index contributed by atoms with van der Waals surface area (Å²) in [4.78, 5) is 81.3. The number of carbonyl (C=O) groups is 6. The summed E-state index contributed by atoms with van der Waals surface area (Å²) in [7, 11) is 0. The number of fused-ring (bicyclic) bond motifs is 4. The number of hydrogen-bond donors (Lipinski definition) is 5. The lowest BCUT2D eigenvalue weighted by atomic mass is 9.55. The molecular formula is C48H49Cl2FN6O6. The lowest BCUT2D eigenvalue weighted by Gasteiger charge is -2.47. The molecule has 5 N–H and O–H groups in total. The van der Waals surface area contributed by atoms with Crippen molar-refractivity contribution in [3.8, 4) is 11.8 Å². The van der Waals surface area contributed by atoms with E-state index in [4.69, 9.17) is 23.2 Å². The predicted octanol–water partition coefficient (Wildman–Crippen LogP) is 6.17. The maximum atomic E-state index is 16.3. The summed E-state index contributed by atoms with van der Waals surface area (Å²) in [6.07, 6.45) is 7.89. The van der Waals surface area contributed by atoms with Crippen LogP contribution in [-0.2, 0) is 35.9 Å². The standard InChI is InChI=1S/C48H49Cl2FN6O6/c49-29-16-19-34-36(25-29)54-46(63)48(34)39(32-12-8-13-35(50)40(32)51)41(56-47(48)22-4-2-5-23-47)44(61)53-30-17-14-28(15-18-30)42(59)52-24-6-1-3-9-27-10-7-11-31-33(27)26-57(45(31)62)37-20-21-38(58)55-43(37)60/h7-8,10-13,16,19,25,28,30,37,39,41,56H,1-2,4-6,14-15,17-18,20-24,26H2,(H,52,59)(H,53,61)(H,54,63)(H,55,58,60)/t28?,30?,37?,39-,41+,48+/m0/s1. The van der Waals surface area contributed by atoms with E-state index in [1.807, 2.05) is 12.1 Å². The molecule has 15 heteroatoms. The van der Waals surface area contributed by atoms with Crippen molar-refractivity contribution in [1.82, 2.24) is 26.2 Å². The number of nitrogens with one attached hydrogen (secondary N) is 5. The fraction of sp³-hybridized carbons (Fsp3) is 0.458. The van der Waals surface area contributed by atoms with Crippen molar-refractivity contribution >= 4 is 64.3 Å². The van der Waals surface area contributed by atoms with E-state index < -0.39 is 40.7 Å². The number of benzene rings is 3. The second kappa shape index (κ2) is 17.4. The van der Waals surface area contributed by atoms with Gasteiger partial charge < -0.3 is 20.9 Å². The van der Waals surface area contributed by atoms with Crippen LogP contribution in [0.2, 0.25) is 10.0 Å². The van der Waals surface area contributed by atoms with Crippen molar-refractivity contribution in [3.05, 3.63) is 98.3 Å². The Kier molecular flexibility index (Phi) is 11.8. The Hall–Kier alpha value is -5.29. The molecule has 0 aromatic heterocycles. The van der Waals surface area contributed by atoms with Crippen molar-refractivity contribution < 1.29 is 33.2 Å². The van der Waals surface area contributed by atoms with Gasteiger partial charge in [0.25, 0.3) is 5.91 Å². The molecule has 2 aliphatic carbocycles. The van der Waals surface area contributed by atoms with Crippen LogP contribution in [0.15, 0.2) is 54.6 Å². The Bertz CT molecular complexity index is 2470. The molecule has 6 amide bonds. The fourth-order valence-corrected chi connectivity index (χ4v) is 11.8. The average Bonchev–Trinajstić information content (AvgIpc) is 3.87. The molecule has 0 radical (unpaired) electrons. The Morgan fingerprint density at radius 2 is 1.68 bits per heavy atom. The molecule has 328 valence electrons. The summed E-state index contributed by atoms with van der Waals surface area (Å²) in [6, 6.07) is 13.5. The number of carbonyl (C=O) groups excluding carboxylic acids is 6. The molecule has 6 aliphatic rings. The summed E-state index contributed by atoms with van der Waals surface area (Å²) in [5, 5.41) is 15.7. The minimum absolute atomic E-state index is 0.0400. The molecule has 63 heavy (non-hydrogen) atoms. The molecule has 4 aliphatic heterocycles. The maximum Gasteiger partial charge on any atom is 0.255 e. The van der Waals surface area contributed by atoms with Crippen LogP contribution in [0.3, 0.4) is 0 Å². The first-order chi connectivity index (χ1) is 30.4. The summed E-state index contributed by atoms with van der Waals surface area (Å²) < 4.78 is 16.3.